The summed E-state index contributed by atoms with van der Waals surface area (Å²) in [6, 6.07) is 22.5. The van der Waals surface area contributed by atoms with Crippen molar-refractivity contribution in [3.05, 3.63) is 114 Å². The van der Waals surface area contributed by atoms with Crippen LogP contribution in [0.3, 0.4) is 0 Å². The van der Waals surface area contributed by atoms with Gasteiger partial charge in [0.25, 0.3) is 0 Å². The Hall–Kier alpha value is -4.80. The van der Waals surface area contributed by atoms with Crippen LogP contribution in [0.25, 0.3) is 0 Å². The van der Waals surface area contributed by atoms with Crippen LogP contribution in [0.15, 0.2) is 95.7 Å². The number of imide groups is 1. The number of aromatic nitrogens is 1. The minimum atomic E-state index is -4.41. The number of carbonyl (C=O) groups excluding carboxylic acids is 2. The van der Waals surface area contributed by atoms with Gasteiger partial charge < -0.3 is 18.7 Å². The van der Waals surface area contributed by atoms with Crippen molar-refractivity contribution in [1.82, 2.24) is 10.1 Å². The van der Waals surface area contributed by atoms with Crippen molar-refractivity contribution in [2.75, 3.05) is 13.2 Å². The number of hydrogen-bond donors (Lipinski definition) is 0. The highest BCUT2D eigenvalue weighted by atomic mass is 19.4. The van der Waals surface area contributed by atoms with Crippen LogP contribution in [0.1, 0.15) is 48.1 Å². The Labute approximate surface area is 252 Å². The van der Waals surface area contributed by atoms with Gasteiger partial charge in [-0.2, -0.15) is 13.2 Å². The van der Waals surface area contributed by atoms with Gasteiger partial charge in [0.1, 0.15) is 37.1 Å². The summed E-state index contributed by atoms with van der Waals surface area (Å²) in [5, 5.41) is 4.06. The van der Waals surface area contributed by atoms with Gasteiger partial charge in [0.15, 0.2) is 0 Å². The second-order valence-corrected chi connectivity index (χ2v) is 10.4. The van der Waals surface area contributed by atoms with Crippen molar-refractivity contribution in [2.24, 2.45) is 0 Å². The number of cyclic esters (lactones) is 1. The van der Waals surface area contributed by atoms with Crippen molar-refractivity contribution in [3.63, 3.8) is 0 Å². The molecule has 0 bridgehead atoms. The first-order valence-electron chi connectivity index (χ1n) is 14.2. The van der Waals surface area contributed by atoms with Crippen molar-refractivity contribution < 1.29 is 41.5 Å². The Bertz CT molecular complexity index is 1510. The lowest BCUT2D eigenvalue weighted by Crippen LogP contribution is -2.40. The summed E-state index contributed by atoms with van der Waals surface area (Å²) in [5.74, 6) is -0.0169. The van der Waals surface area contributed by atoms with Gasteiger partial charge in [-0.15, -0.1) is 0 Å². The summed E-state index contributed by atoms with van der Waals surface area (Å²) in [5.41, 5.74) is 1.55. The summed E-state index contributed by atoms with van der Waals surface area (Å²) in [6.45, 7) is 2.19. The number of nitrogens with zero attached hydrogens (tertiary/aromatic N) is 2. The standard InChI is InChI=1S/C33H31F3N2O6/c1-2-26(44-28-14-10-24(11-15-28)33(34,35)36)21-41-27-12-8-23(9-13-27)29(30-16-17-43-37-30)19-31(39)38-25(20-42-32(38)40)18-22-6-4-3-5-7-22/h3-17,25-26,29H,2,18-21H2,1H3/t25-,26-,29?/m0/s1. The Morgan fingerprint density at radius 3 is 2.34 bits per heavy atom. The topological polar surface area (TPSA) is 91.1 Å². The zero-order valence-corrected chi connectivity index (χ0v) is 23.9. The van der Waals surface area contributed by atoms with Crippen LogP contribution in [0.4, 0.5) is 18.0 Å². The lowest BCUT2D eigenvalue weighted by atomic mass is 9.91. The molecule has 1 aliphatic heterocycles. The van der Waals surface area contributed by atoms with Crippen molar-refractivity contribution in [1.29, 1.82) is 0 Å². The minimum absolute atomic E-state index is 0.0357. The lowest BCUT2D eigenvalue weighted by molar-refractivity contribution is -0.137. The van der Waals surface area contributed by atoms with Crippen LogP contribution in [0, 0.1) is 0 Å². The normalized spacial score (nSPS) is 16.3. The molecule has 0 radical (unpaired) electrons. The molecular formula is C33H31F3N2O6. The number of amides is 2. The molecule has 0 saturated carbocycles. The molecule has 1 fully saturated rings. The maximum absolute atomic E-state index is 13.5. The van der Waals surface area contributed by atoms with E-state index >= 15 is 0 Å². The molecule has 4 aromatic rings. The number of hydrogen-bond acceptors (Lipinski definition) is 7. The zero-order valence-electron chi connectivity index (χ0n) is 23.9. The highest BCUT2D eigenvalue weighted by Crippen LogP contribution is 2.32. The van der Waals surface area contributed by atoms with Gasteiger partial charge in [-0.3, -0.25) is 4.79 Å². The molecule has 0 aliphatic carbocycles. The first-order chi connectivity index (χ1) is 21.2. The van der Waals surface area contributed by atoms with E-state index in [0.29, 0.717) is 30.0 Å². The van der Waals surface area contributed by atoms with Crippen LogP contribution >= 0.6 is 0 Å². The molecule has 1 aromatic heterocycles. The molecule has 0 spiro atoms. The highest BCUT2D eigenvalue weighted by Gasteiger charge is 2.39. The Morgan fingerprint density at radius 1 is 1.00 bits per heavy atom. The van der Waals surface area contributed by atoms with E-state index in [4.69, 9.17) is 18.7 Å². The predicted molar refractivity (Wildman–Crippen MR) is 153 cm³/mol. The van der Waals surface area contributed by atoms with E-state index < -0.39 is 35.9 Å². The smallest absolute Gasteiger partial charge is 0.416 e. The van der Waals surface area contributed by atoms with Crippen LogP contribution in [0.5, 0.6) is 11.5 Å². The largest absolute Gasteiger partial charge is 0.490 e. The highest BCUT2D eigenvalue weighted by molar-refractivity contribution is 5.94. The second-order valence-electron chi connectivity index (χ2n) is 10.4. The van der Waals surface area contributed by atoms with Crippen LogP contribution < -0.4 is 9.47 Å². The zero-order chi connectivity index (χ0) is 31.1. The maximum atomic E-state index is 13.5. The lowest BCUT2D eigenvalue weighted by Gasteiger charge is -2.22. The van der Waals surface area contributed by atoms with Crippen LogP contribution in [-0.2, 0) is 22.1 Å². The van der Waals surface area contributed by atoms with Crippen LogP contribution in [0.2, 0.25) is 0 Å². The molecule has 3 aromatic carbocycles. The van der Waals surface area contributed by atoms with Gasteiger partial charge in [0, 0.05) is 18.4 Å². The summed E-state index contributed by atoms with van der Waals surface area (Å²) in [4.78, 5) is 27.3. The molecule has 2 heterocycles. The molecule has 2 amide bonds. The molecule has 3 atom stereocenters. The van der Waals surface area contributed by atoms with Gasteiger partial charge in [-0.25, -0.2) is 9.69 Å². The van der Waals surface area contributed by atoms with E-state index in [-0.39, 0.29) is 25.5 Å². The third-order valence-corrected chi connectivity index (χ3v) is 7.40. The van der Waals surface area contributed by atoms with Gasteiger partial charge in [-0.1, -0.05) is 54.5 Å². The average molecular weight is 609 g/mol. The first kappa shape index (κ1) is 30.7. The number of carbonyl (C=O) groups is 2. The second kappa shape index (κ2) is 13.7. The van der Waals surface area contributed by atoms with Crippen molar-refractivity contribution in [3.8, 4) is 11.5 Å². The predicted octanol–water partition coefficient (Wildman–Crippen LogP) is 7.04. The van der Waals surface area contributed by atoms with E-state index in [1.54, 1.807) is 18.2 Å². The van der Waals surface area contributed by atoms with E-state index in [9.17, 15) is 22.8 Å². The average Bonchev–Trinajstić information content (AvgIpc) is 3.69. The first-order valence-corrected chi connectivity index (χ1v) is 14.2. The third kappa shape index (κ3) is 7.58. The number of alkyl halides is 3. The fourth-order valence-electron chi connectivity index (χ4n) is 5.01. The Balaban J connectivity index is 1.23. The minimum Gasteiger partial charge on any atom is -0.490 e. The van der Waals surface area contributed by atoms with E-state index in [1.165, 1.54) is 23.3 Å². The fraction of sp³-hybridized carbons (Fsp3) is 0.303. The molecule has 230 valence electrons. The fourth-order valence-corrected chi connectivity index (χ4v) is 5.01. The molecule has 1 unspecified atom stereocenters. The molecule has 44 heavy (non-hydrogen) atoms. The summed E-state index contributed by atoms with van der Waals surface area (Å²) >= 11 is 0. The number of halogens is 3. The maximum Gasteiger partial charge on any atom is 0.416 e. The molecule has 0 N–H and O–H groups in total. The number of rotatable bonds is 12. The Morgan fingerprint density at radius 2 is 1.70 bits per heavy atom. The molecule has 11 heteroatoms. The number of ether oxygens (including phenoxy) is 3. The monoisotopic (exact) mass is 608 g/mol. The Kier molecular flexibility index (Phi) is 9.52. The van der Waals surface area contributed by atoms with Gasteiger partial charge in [0.2, 0.25) is 5.91 Å². The van der Waals surface area contributed by atoms with Crippen molar-refractivity contribution >= 4 is 12.0 Å². The van der Waals surface area contributed by atoms with E-state index in [1.807, 2.05) is 49.4 Å². The molecule has 5 rings (SSSR count). The van der Waals surface area contributed by atoms with E-state index in [0.717, 1.165) is 23.3 Å². The summed E-state index contributed by atoms with van der Waals surface area (Å²) in [6.07, 6.45) is -3.03. The molecule has 1 saturated heterocycles. The molecular weight excluding hydrogens is 577 g/mol. The van der Waals surface area contributed by atoms with Gasteiger partial charge in [-0.05, 0) is 60.4 Å². The van der Waals surface area contributed by atoms with Gasteiger partial charge >= 0.3 is 12.3 Å². The summed E-state index contributed by atoms with van der Waals surface area (Å²) < 4.78 is 60.6. The summed E-state index contributed by atoms with van der Waals surface area (Å²) in [7, 11) is 0. The SMILES string of the molecule is CC[C@@H](COc1ccc(C(CC(=O)N2C(=O)OC[C@@H]2Cc2ccccc2)c2ccon2)cc1)Oc1ccc(C(F)(F)F)cc1. The van der Waals surface area contributed by atoms with Gasteiger partial charge in [0.05, 0.1) is 17.3 Å². The molecule has 8 nitrogen and oxygen atoms in total. The quantitative estimate of drug-likeness (QED) is 0.170. The third-order valence-electron chi connectivity index (χ3n) is 7.40. The number of benzene rings is 3. The van der Waals surface area contributed by atoms with Crippen molar-refractivity contribution in [2.45, 2.75) is 50.4 Å². The van der Waals surface area contributed by atoms with Crippen LogP contribution in [-0.4, -0.2) is 47.4 Å². The van der Waals surface area contributed by atoms with E-state index in [2.05, 4.69) is 5.16 Å². The molecule has 1 aliphatic rings.